The van der Waals surface area contributed by atoms with Crippen LogP contribution in [-0.4, -0.2) is 6.26 Å². The molecule has 0 heterocycles. The third kappa shape index (κ3) is 3.43. The van der Waals surface area contributed by atoms with Gasteiger partial charge >= 0.3 is 0 Å². The van der Waals surface area contributed by atoms with E-state index in [1.165, 1.54) is 10.5 Å². The van der Waals surface area contributed by atoms with Crippen LogP contribution >= 0.6 is 11.8 Å². The summed E-state index contributed by atoms with van der Waals surface area (Å²) in [6.45, 7) is 16.5. The molecular formula is C12H20S. The van der Waals surface area contributed by atoms with Gasteiger partial charge in [0.25, 0.3) is 0 Å². The van der Waals surface area contributed by atoms with Gasteiger partial charge in [0, 0.05) is 0 Å². The van der Waals surface area contributed by atoms with Gasteiger partial charge in [0.15, 0.2) is 0 Å². The first kappa shape index (κ1) is 12.6. The second kappa shape index (κ2) is 4.71. The Labute approximate surface area is 86.8 Å². The average molecular weight is 196 g/mol. The van der Waals surface area contributed by atoms with Gasteiger partial charge in [-0.3, -0.25) is 0 Å². The molecule has 0 unspecified atom stereocenters. The minimum absolute atomic E-state index is 0.204. The SMILES string of the molecule is C=CC(=C)/C(C)=C(/SC)C(C)(C)C. The van der Waals surface area contributed by atoms with Crippen molar-refractivity contribution in [3.05, 3.63) is 35.3 Å². The molecule has 0 aliphatic carbocycles. The predicted octanol–water partition coefficient (Wildman–Crippen LogP) is 4.41. The summed E-state index contributed by atoms with van der Waals surface area (Å²) in [5.74, 6) is 0. The Morgan fingerprint density at radius 1 is 1.31 bits per heavy atom. The minimum atomic E-state index is 0.204. The number of hydrogen-bond acceptors (Lipinski definition) is 1. The second-order valence-electron chi connectivity index (χ2n) is 4.14. The molecule has 0 atom stereocenters. The van der Waals surface area contributed by atoms with Crippen molar-refractivity contribution in [2.75, 3.05) is 6.26 Å². The van der Waals surface area contributed by atoms with Gasteiger partial charge in [-0.15, -0.1) is 11.8 Å². The lowest BCUT2D eigenvalue weighted by Crippen LogP contribution is -2.09. The van der Waals surface area contributed by atoms with Crippen LogP contribution < -0.4 is 0 Å². The van der Waals surface area contributed by atoms with E-state index in [1.54, 1.807) is 11.8 Å². The van der Waals surface area contributed by atoms with Gasteiger partial charge in [0.05, 0.1) is 0 Å². The van der Waals surface area contributed by atoms with Crippen LogP contribution in [0.25, 0.3) is 0 Å². The smallest absolute Gasteiger partial charge is 0.00665 e. The standard InChI is InChI=1S/C12H20S/c1-8-9(2)10(3)11(13-7)12(4,5)6/h8H,1-2H2,3-7H3/b11-10+. The highest BCUT2D eigenvalue weighted by molar-refractivity contribution is 8.02. The van der Waals surface area contributed by atoms with Crippen molar-refractivity contribution in [3.8, 4) is 0 Å². The minimum Gasteiger partial charge on any atom is -0.133 e. The quantitative estimate of drug-likeness (QED) is 0.602. The Morgan fingerprint density at radius 2 is 1.77 bits per heavy atom. The van der Waals surface area contributed by atoms with Crippen LogP contribution in [0.2, 0.25) is 0 Å². The first-order chi connectivity index (χ1) is 5.84. The Bertz CT molecular complexity index is 238. The Balaban J connectivity index is 5.13. The molecule has 0 aliphatic heterocycles. The van der Waals surface area contributed by atoms with Gasteiger partial charge in [-0.1, -0.05) is 40.0 Å². The Kier molecular flexibility index (Phi) is 4.55. The molecule has 0 aromatic rings. The molecule has 0 aliphatic rings. The van der Waals surface area contributed by atoms with Crippen LogP contribution in [0.5, 0.6) is 0 Å². The third-order valence-corrected chi connectivity index (χ3v) is 3.28. The molecule has 0 spiro atoms. The van der Waals surface area contributed by atoms with Crippen molar-refractivity contribution < 1.29 is 0 Å². The Hall–Kier alpha value is -0.430. The largest absolute Gasteiger partial charge is 0.133 e. The maximum absolute atomic E-state index is 3.97. The topological polar surface area (TPSA) is 0 Å². The summed E-state index contributed by atoms with van der Waals surface area (Å²) in [5, 5.41) is 0. The summed E-state index contributed by atoms with van der Waals surface area (Å²) in [6, 6.07) is 0. The van der Waals surface area contributed by atoms with Crippen LogP contribution in [-0.2, 0) is 0 Å². The highest BCUT2D eigenvalue weighted by atomic mass is 32.2. The van der Waals surface area contributed by atoms with E-state index < -0.39 is 0 Å². The van der Waals surface area contributed by atoms with Gasteiger partial charge in [-0.25, -0.2) is 0 Å². The summed E-state index contributed by atoms with van der Waals surface area (Å²) in [5.41, 5.74) is 2.49. The van der Waals surface area contributed by atoms with Crippen molar-refractivity contribution in [2.45, 2.75) is 27.7 Å². The second-order valence-corrected chi connectivity index (χ2v) is 4.95. The van der Waals surface area contributed by atoms with Crippen molar-refractivity contribution in [2.24, 2.45) is 5.41 Å². The van der Waals surface area contributed by atoms with Crippen LogP contribution in [0.1, 0.15) is 27.7 Å². The zero-order chi connectivity index (χ0) is 10.6. The average Bonchev–Trinajstić information content (AvgIpc) is 2.01. The molecule has 1 heteroatoms. The molecule has 13 heavy (non-hydrogen) atoms. The molecule has 0 aromatic heterocycles. The van der Waals surface area contributed by atoms with E-state index in [2.05, 4.69) is 47.1 Å². The lowest BCUT2D eigenvalue weighted by Gasteiger charge is -2.24. The maximum atomic E-state index is 3.97. The number of hydrogen-bond donors (Lipinski definition) is 0. The molecule has 0 nitrogen and oxygen atoms in total. The summed E-state index contributed by atoms with van der Waals surface area (Å²) >= 11 is 1.80. The van der Waals surface area contributed by atoms with E-state index in [1.807, 2.05) is 6.08 Å². The van der Waals surface area contributed by atoms with Gasteiger partial charge in [-0.2, -0.15) is 0 Å². The van der Waals surface area contributed by atoms with Gasteiger partial charge in [0.1, 0.15) is 0 Å². The first-order valence-electron chi connectivity index (χ1n) is 4.41. The molecular weight excluding hydrogens is 176 g/mol. The Morgan fingerprint density at radius 3 is 2.00 bits per heavy atom. The third-order valence-electron chi connectivity index (χ3n) is 1.95. The lowest BCUT2D eigenvalue weighted by atomic mass is 9.91. The summed E-state index contributed by atoms with van der Waals surface area (Å²) < 4.78 is 0. The number of thioether (sulfide) groups is 1. The van der Waals surface area contributed by atoms with E-state index in [9.17, 15) is 0 Å². The van der Waals surface area contributed by atoms with Crippen molar-refractivity contribution >= 4 is 11.8 Å². The molecule has 0 radical (unpaired) electrons. The van der Waals surface area contributed by atoms with E-state index in [0.29, 0.717) is 0 Å². The summed E-state index contributed by atoms with van der Waals surface area (Å²) in [4.78, 5) is 1.39. The van der Waals surface area contributed by atoms with Crippen LogP contribution in [0.15, 0.2) is 35.3 Å². The normalized spacial score (nSPS) is 13.6. The molecule has 0 fully saturated rings. The lowest BCUT2D eigenvalue weighted by molar-refractivity contribution is 0.530. The van der Waals surface area contributed by atoms with E-state index in [4.69, 9.17) is 0 Å². The molecule has 0 bridgehead atoms. The highest BCUT2D eigenvalue weighted by Gasteiger charge is 2.18. The van der Waals surface area contributed by atoms with Gasteiger partial charge in [0.2, 0.25) is 0 Å². The molecule has 74 valence electrons. The molecule has 0 saturated carbocycles. The molecule has 0 aromatic carbocycles. The fraction of sp³-hybridized carbons (Fsp3) is 0.500. The zero-order valence-electron chi connectivity index (χ0n) is 9.40. The van der Waals surface area contributed by atoms with E-state index >= 15 is 0 Å². The van der Waals surface area contributed by atoms with Crippen molar-refractivity contribution in [1.82, 2.24) is 0 Å². The maximum Gasteiger partial charge on any atom is -0.00665 e. The van der Waals surface area contributed by atoms with E-state index in [-0.39, 0.29) is 5.41 Å². The van der Waals surface area contributed by atoms with Crippen LogP contribution in [0.3, 0.4) is 0 Å². The fourth-order valence-electron chi connectivity index (χ4n) is 1.32. The number of rotatable bonds is 3. The summed E-state index contributed by atoms with van der Waals surface area (Å²) in [7, 11) is 0. The summed E-state index contributed by atoms with van der Waals surface area (Å²) in [6.07, 6.45) is 3.93. The first-order valence-corrected chi connectivity index (χ1v) is 5.64. The molecule has 0 saturated heterocycles. The molecule has 0 amide bonds. The van der Waals surface area contributed by atoms with E-state index in [0.717, 1.165) is 5.57 Å². The van der Waals surface area contributed by atoms with Crippen LogP contribution in [0.4, 0.5) is 0 Å². The van der Waals surface area contributed by atoms with Crippen LogP contribution in [0, 0.1) is 5.41 Å². The van der Waals surface area contributed by atoms with Gasteiger partial charge in [-0.05, 0) is 34.6 Å². The van der Waals surface area contributed by atoms with Crippen molar-refractivity contribution in [1.29, 1.82) is 0 Å². The molecule has 0 rings (SSSR count). The molecule has 0 N–H and O–H groups in total. The monoisotopic (exact) mass is 196 g/mol. The van der Waals surface area contributed by atoms with Crippen molar-refractivity contribution in [3.63, 3.8) is 0 Å². The van der Waals surface area contributed by atoms with Gasteiger partial charge < -0.3 is 0 Å². The fourth-order valence-corrected chi connectivity index (χ4v) is 2.37. The highest BCUT2D eigenvalue weighted by Crippen LogP contribution is 2.37. The predicted molar refractivity (Wildman–Crippen MR) is 65.0 cm³/mol. The number of allylic oxidation sites excluding steroid dienone is 4. The zero-order valence-corrected chi connectivity index (χ0v) is 10.2.